The van der Waals surface area contributed by atoms with Crippen molar-refractivity contribution in [1.82, 2.24) is 0 Å². The van der Waals surface area contributed by atoms with Gasteiger partial charge >= 0.3 is 5.69 Å². The molecule has 0 saturated carbocycles. The fourth-order valence-corrected chi connectivity index (χ4v) is 1.93. The molecule has 2 rings (SSSR count). The van der Waals surface area contributed by atoms with Crippen LogP contribution in [-0.4, -0.2) is 11.5 Å². The van der Waals surface area contributed by atoms with Gasteiger partial charge in [0.25, 0.3) is 0 Å². The van der Waals surface area contributed by atoms with Crippen LogP contribution < -0.4 is 10.1 Å². The summed E-state index contributed by atoms with van der Waals surface area (Å²) >= 11 is 0. The summed E-state index contributed by atoms with van der Waals surface area (Å²) < 4.78 is 5.66. The average molecular weight is 272 g/mol. The summed E-state index contributed by atoms with van der Waals surface area (Å²) in [6.45, 7) is 4.43. The van der Waals surface area contributed by atoms with Crippen LogP contribution in [0.2, 0.25) is 0 Å². The zero-order chi connectivity index (χ0) is 14.5. The van der Waals surface area contributed by atoms with E-state index in [1.54, 1.807) is 24.3 Å². The molecule has 0 amide bonds. The molecule has 0 unspecified atom stereocenters. The normalized spacial score (nSPS) is 10.1. The predicted octanol–water partition coefficient (Wildman–Crippen LogP) is 4.13. The van der Waals surface area contributed by atoms with Gasteiger partial charge in [0, 0.05) is 6.54 Å². The molecular weight excluding hydrogens is 256 g/mol. The van der Waals surface area contributed by atoms with Gasteiger partial charge in [0.05, 0.1) is 4.92 Å². The van der Waals surface area contributed by atoms with Gasteiger partial charge in [0.1, 0.15) is 11.4 Å². The van der Waals surface area contributed by atoms with E-state index in [4.69, 9.17) is 4.74 Å². The first-order valence-electron chi connectivity index (χ1n) is 6.37. The topological polar surface area (TPSA) is 64.4 Å². The number of hydrogen-bond donors (Lipinski definition) is 1. The molecule has 2 aromatic carbocycles. The largest absolute Gasteiger partial charge is 0.450 e. The minimum absolute atomic E-state index is 0.0455. The molecule has 20 heavy (non-hydrogen) atoms. The Kier molecular flexibility index (Phi) is 4.20. The van der Waals surface area contributed by atoms with Gasteiger partial charge in [0.2, 0.25) is 5.75 Å². The zero-order valence-corrected chi connectivity index (χ0v) is 11.4. The minimum Gasteiger partial charge on any atom is -0.450 e. The SMILES string of the molecule is CCNc1cccc(Oc2cccc(C)c2)c1[N+](=O)[O-]. The molecule has 0 aliphatic carbocycles. The Morgan fingerprint density at radius 2 is 2.00 bits per heavy atom. The third-order valence-corrected chi connectivity index (χ3v) is 2.77. The highest BCUT2D eigenvalue weighted by Crippen LogP contribution is 2.37. The number of nitrogens with zero attached hydrogens (tertiary/aromatic N) is 1. The summed E-state index contributed by atoms with van der Waals surface area (Å²) in [4.78, 5) is 10.8. The molecule has 2 aromatic rings. The Bertz CT molecular complexity index is 626. The van der Waals surface area contributed by atoms with Gasteiger partial charge in [-0.05, 0) is 43.7 Å². The maximum absolute atomic E-state index is 11.3. The molecule has 0 atom stereocenters. The Morgan fingerprint density at radius 1 is 1.25 bits per heavy atom. The summed E-state index contributed by atoms with van der Waals surface area (Å²) in [5, 5.41) is 14.2. The highest BCUT2D eigenvalue weighted by atomic mass is 16.6. The van der Waals surface area contributed by atoms with E-state index >= 15 is 0 Å². The monoisotopic (exact) mass is 272 g/mol. The summed E-state index contributed by atoms with van der Waals surface area (Å²) in [6, 6.07) is 12.4. The maximum Gasteiger partial charge on any atom is 0.334 e. The van der Waals surface area contributed by atoms with Crippen molar-refractivity contribution in [3.63, 3.8) is 0 Å². The smallest absolute Gasteiger partial charge is 0.334 e. The molecule has 5 heteroatoms. The fourth-order valence-electron chi connectivity index (χ4n) is 1.93. The van der Waals surface area contributed by atoms with E-state index in [1.165, 1.54) is 0 Å². The van der Waals surface area contributed by atoms with Crippen molar-refractivity contribution in [2.75, 3.05) is 11.9 Å². The van der Waals surface area contributed by atoms with Crippen LogP contribution in [0.1, 0.15) is 12.5 Å². The first-order valence-corrected chi connectivity index (χ1v) is 6.37. The average Bonchev–Trinajstić information content (AvgIpc) is 2.39. The summed E-state index contributed by atoms with van der Waals surface area (Å²) in [5.41, 5.74) is 1.45. The van der Waals surface area contributed by atoms with Crippen molar-refractivity contribution < 1.29 is 9.66 Å². The highest BCUT2D eigenvalue weighted by Gasteiger charge is 2.21. The second-order valence-corrected chi connectivity index (χ2v) is 4.36. The van der Waals surface area contributed by atoms with Gasteiger partial charge in [-0.15, -0.1) is 0 Å². The molecular formula is C15H16N2O3. The number of rotatable bonds is 5. The third-order valence-electron chi connectivity index (χ3n) is 2.77. The van der Waals surface area contributed by atoms with Gasteiger partial charge in [-0.2, -0.15) is 0 Å². The van der Waals surface area contributed by atoms with Crippen molar-refractivity contribution >= 4 is 11.4 Å². The quantitative estimate of drug-likeness (QED) is 0.656. The predicted molar refractivity (Wildman–Crippen MR) is 78.5 cm³/mol. The second kappa shape index (κ2) is 6.06. The van der Waals surface area contributed by atoms with Crippen LogP contribution in [0.5, 0.6) is 11.5 Å². The molecule has 104 valence electrons. The van der Waals surface area contributed by atoms with Crippen LogP contribution in [0.4, 0.5) is 11.4 Å². The first kappa shape index (κ1) is 13.9. The third kappa shape index (κ3) is 3.06. The van der Waals surface area contributed by atoms with Crippen LogP contribution in [0.3, 0.4) is 0 Å². The van der Waals surface area contributed by atoms with Crippen molar-refractivity contribution in [2.24, 2.45) is 0 Å². The second-order valence-electron chi connectivity index (χ2n) is 4.36. The molecule has 0 radical (unpaired) electrons. The zero-order valence-electron chi connectivity index (χ0n) is 11.4. The van der Waals surface area contributed by atoms with Crippen LogP contribution in [-0.2, 0) is 0 Å². The van der Waals surface area contributed by atoms with E-state index in [2.05, 4.69) is 5.32 Å². The van der Waals surface area contributed by atoms with E-state index in [0.717, 1.165) is 5.56 Å². The number of benzene rings is 2. The molecule has 1 N–H and O–H groups in total. The number of nitrogens with one attached hydrogen (secondary N) is 1. The van der Waals surface area contributed by atoms with E-state index in [9.17, 15) is 10.1 Å². The van der Waals surface area contributed by atoms with Gasteiger partial charge in [0.15, 0.2) is 0 Å². The number of hydrogen-bond acceptors (Lipinski definition) is 4. The van der Waals surface area contributed by atoms with E-state index in [-0.39, 0.29) is 11.4 Å². The lowest BCUT2D eigenvalue weighted by atomic mass is 10.2. The number of aryl methyl sites for hydroxylation is 1. The molecule has 0 fully saturated rings. The molecule has 0 spiro atoms. The lowest BCUT2D eigenvalue weighted by molar-refractivity contribution is -0.384. The van der Waals surface area contributed by atoms with Gasteiger partial charge < -0.3 is 10.1 Å². The maximum atomic E-state index is 11.3. The van der Waals surface area contributed by atoms with Crippen molar-refractivity contribution in [3.8, 4) is 11.5 Å². The van der Waals surface area contributed by atoms with Crippen LogP contribution in [0, 0.1) is 17.0 Å². The fraction of sp³-hybridized carbons (Fsp3) is 0.200. The highest BCUT2D eigenvalue weighted by molar-refractivity contribution is 5.69. The number of anilines is 1. The molecule has 0 bridgehead atoms. The number of nitro benzene ring substituents is 1. The van der Waals surface area contributed by atoms with E-state index in [0.29, 0.717) is 18.0 Å². The van der Waals surface area contributed by atoms with Crippen LogP contribution >= 0.6 is 0 Å². The van der Waals surface area contributed by atoms with Crippen molar-refractivity contribution in [1.29, 1.82) is 0 Å². The number of para-hydroxylation sites is 1. The van der Waals surface area contributed by atoms with Gasteiger partial charge in [-0.1, -0.05) is 18.2 Å². The standard InChI is InChI=1S/C15H16N2O3/c1-3-16-13-8-5-9-14(15(13)17(18)19)20-12-7-4-6-11(2)10-12/h4-10,16H,3H2,1-2H3. The summed E-state index contributed by atoms with van der Waals surface area (Å²) in [6.07, 6.45) is 0. The Balaban J connectivity index is 2.40. The summed E-state index contributed by atoms with van der Waals surface area (Å²) in [7, 11) is 0. The molecule has 0 aliphatic rings. The van der Waals surface area contributed by atoms with Crippen LogP contribution in [0.25, 0.3) is 0 Å². The molecule has 0 aromatic heterocycles. The summed E-state index contributed by atoms with van der Waals surface area (Å²) in [5.74, 6) is 0.820. The molecule has 0 heterocycles. The van der Waals surface area contributed by atoms with Crippen molar-refractivity contribution in [3.05, 3.63) is 58.1 Å². The Labute approximate surface area is 117 Å². The molecule has 0 aliphatic heterocycles. The minimum atomic E-state index is -0.427. The molecule has 0 saturated heterocycles. The Hall–Kier alpha value is -2.56. The van der Waals surface area contributed by atoms with E-state index < -0.39 is 4.92 Å². The van der Waals surface area contributed by atoms with Gasteiger partial charge in [-0.25, -0.2) is 0 Å². The Morgan fingerprint density at radius 3 is 2.65 bits per heavy atom. The lowest BCUT2D eigenvalue weighted by Gasteiger charge is -2.10. The lowest BCUT2D eigenvalue weighted by Crippen LogP contribution is -2.02. The molecule has 5 nitrogen and oxygen atoms in total. The number of ether oxygens (including phenoxy) is 1. The van der Waals surface area contributed by atoms with Gasteiger partial charge in [-0.3, -0.25) is 10.1 Å². The van der Waals surface area contributed by atoms with Crippen LogP contribution in [0.15, 0.2) is 42.5 Å². The first-order chi connectivity index (χ1) is 9.61. The van der Waals surface area contributed by atoms with E-state index in [1.807, 2.05) is 32.0 Å². The number of nitro groups is 1. The van der Waals surface area contributed by atoms with Crippen molar-refractivity contribution in [2.45, 2.75) is 13.8 Å².